The van der Waals surface area contributed by atoms with Crippen LogP contribution in [0.1, 0.15) is 39.1 Å². The number of sulfonamides is 1. The van der Waals surface area contributed by atoms with Crippen LogP contribution in [0, 0.1) is 6.92 Å². The number of aryl methyl sites for hydroxylation is 1. The summed E-state index contributed by atoms with van der Waals surface area (Å²) in [5.74, 6) is 0.256. The van der Waals surface area contributed by atoms with Crippen molar-refractivity contribution in [1.29, 1.82) is 0 Å². The van der Waals surface area contributed by atoms with Crippen LogP contribution in [0.3, 0.4) is 0 Å². The van der Waals surface area contributed by atoms with Crippen molar-refractivity contribution in [2.45, 2.75) is 30.6 Å². The van der Waals surface area contributed by atoms with Crippen molar-refractivity contribution in [3.05, 3.63) is 64.1 Å². The summed E-state index contributed by atoms with van der Waals surface area (Å²) in [4.78, 5) is 12.9. The number of ether oxygens (including phenoxy) is 1. The number of rotatable bonds is 6. The van der Waals surface area contributed by atoms with Gasteiger partial charge in [-0.1, -0.05) is 29.0 Å². The number of aromatic nitrogens is 2. The molecule has 0 unspecified atom stereocenters. The lowest BCUT2D eigenvalue weighted by molar-refractivity contribution is 0.102. The van der Waals surface area contributed by atoms with E-state index >= 15 is 0 Å². The summed E-state index contributed by atoms with van der Waals surface area (Å²) in [5.41, 5.74) is 1.63. The van der Waals surface area contributed by atoms with Gasteiger partial charge in [-0.25, -0.2) is 8.42 Å². The van der Waals surface area contributed by atoms with E-state index in [9.17, 15) is 13.2 Å². The van der Waals surface area contributed by atoms with Crippen molar-refractivity contribution >= 4 is 33.0 Å². The highest BCUT2D eigenvalue weighted by Crippen LogP contribution is 2.32. The molecule has 8 nitrogen and oxygen atoms in total. The van der Waals surface area contributed by atoms with Crippen LogP contribution in [-0.4, -0.2) is 49.0 Å². The maximum Gasteiger partial charge on any atom is 0.286 e. The number of hydrogen-bond donors (Lipinski definition) is 1. The van der Waals surface area contributed by atoms with Gasteiger partial charge in [0.1, 0.15) is 10.8 Å². The summed E-state index contributed by atoms with van der Waals surface area (Å²) in [6.45, 7) is 2.71. The Morgan fingerprint density at radius 2 is 1.84 bits per heavy atom. The minimum absolute atomic E-state index is 0.0935. The van der Waals surface area contributed by atoms with Crippen molar-refractivity contribution in [3.8, 4) is 5.75 Å². The van der Waals surface area contributed by atoms with Crippen molar-refractivity contribution in [3.63, 3.8) is 0 Å². The molecular formula is C22H24N4O4S2. The predicted molar refractivity (Wildman–Crippen MR) is 123 cm³/mol. The van der Waals surface area contributed by atoms with Gasteiger partial charge >= 0.3 is 0 Å². The third-order valence-electron chi connectivity index (χ3n) is 5.37. The van der Waals surface area contributed by atoms with Gasteiger partial charge in [0.15, 0.2) is 0 Å². The number of hydrogen-bond acceptors (Lipinski definition) is 7. The molecule has 2 heterocycles. The van der Waals surface area contributed by atoms with Gasteiger partial charge < -0.3 is 10.1 Å². The summed E-state index contributed by atoms with van der Waals surface area (Å²) >= 11 is 1.20. The fourth-order valence-electron chi connectivity index (χ4n) is 3.57. The Bertz CT molecular complexity index is 1190. The van der Waals surface area contributed by atoms with Crippen LogP contribution in [0.4, 0.5) is 5.69 Å². The number of methoxy groups -OCH3 is 1. The zero-order chi connectivity index (χ0) is 22.7. The number of carbonyl (C=O) groups is 1. The molecule has 2 aromatic carbocycles. The Morgan fingerprint density at radius 1 is 1.12 bits per heavy atom. The Labute approximate surface area is 191 Å². The topological polar surface area (TPSA) is 101 Å². The summed E-state index contributed by atoms with van der Waals surface area (Å²) < 4.78 is 32.7. The molecule has 4 rings (SSSR count). The quantitative estimate of drug-likeness (QED) is 0.587. The average molecular weight is 473 g/mol. The molecule has 0 aliphatic carbocycles. The number of benzene rings is 2. The van der Waals surface area contributed by atoms with E-state index < -0.39 is 10.0 Å². The minimum atomic E-state index is -3.58. The lowest BCUT2D eigenvalue weighted by Gasteiger charge is -2.30. The van der Waals surface area contributed by atoms with Gasteiger partial charge in [-0.05, 0) is 56.2 Å². The first kappa shape index (κ1) is 22.4. The van der Waals surface area contributed by atoms with Gasteiger partial charge in [0.25, 0.3) is 5.91 Å². The summed E-state index contributed by atoms with van der Waals surface area (Å²) in [5, 5.41) is 11.9. The Balaban J connectivity index is 1.45. The molecule has 1 atom stereocenters. The standard InChI is InChI=1S/C22H24N4O4S2/c1-15-5-11-19(12-6-15)32(28,29)26-13-3-4-16(14-26)21-24-25-22(31-21)20(27)23-17-7-9-18(30-2)10-8-17/h5-12,16H,3-4,13-14H2,1-2H3,(H,23,27)/t16-/m1/s1. The molecule has 1 N–H and O–H groups in total. The van der Waals surface area contributed by atoms with Crippen LogP contribution in [-0.2, 0) is 10.0 Å². The molecule has 168 valence electrons. The van der Waals surface area contributed by atoms with Gasteiger partial charge in [-0.15, -0.1) is 10.2 Å². The zero-order valence-electron chi connectivity index (χ0n) is 17.8. The second-order valence-corrected chi connectivity index (χ2v) is 10.6. The summed E-state index contributed by atoms with van der Waals surface area (Å²) in [6.07, 6.45) is 1.53. The zero-order valence-corrected chi connectivity index (χ0v) is 19.4. The molecule has 0 saturated carbocycles. The van der Waals surface area contributed by atoms with E-state index in [2.05, 4.69) is 15.5 Å². The first-order valence-electron chi connectivity index (χ1n) is 10.2. The Hall–Kier alpha value is -2.82. The highest BCUT2D eigenvalue weighted by atomic mass is 32.2. The number of carbonyl (C=O) groups excluding carboxylic acids is 1. The molecule has 0 bridgehead atoms. The molecule has 1 saturated heterocycles. The first-order valence-corrected chi connectivity index (χ1v) is 12.5. The van der Waals surface area contributed by atoms with Gasteiger partial charge in [0, 0.05) is 24.7 Å². The largest absolute Gasteiger partial charge is 0.497 e. The van der Waals surface area contributed by atoms with E-state index in [-0.39, 0.29) is 16.8 Å². The molecule has 0 spiro atoms. The smallest absolute Gasteiger partial charge is 0.286 e. The predicted octanol–water partition coefficient (Wildman–Crippen LogP) is 3.68. The molecule has 0 radical (unpaired) electrons. The van der Waals surface area contributed by atoms with Crippen molar-refractivity contribution in [2.75, 3.05) is 25.5 Å². The normalized spacial score (nSPS) is 17.1. The molecule has 1 aliphatic rings. The van der Waals surface area contributed by atoms with E-state index in [0.717, 1.165) is 18.4 Å². The van der Waals surface area contributed by atoms with Crippen LogP contribution in [0.5, 0.6) is 5.75 Å². The minimum Gasteiger partial charge on any atom is -0.497 e. The highest BCUT2D eigenvalue weighted by Gasteiger charge is 2.32. The van der Waals surface area contributed by atoms with Crippen LogP contribution < -0.4 is 10.1 Å². The Kier molecular flexibility index (Phi) is 6.54. The maximum absolute atomic E-state index is 13.1. The summed E-state index contributed by atoms with van der Waals surface area (Å²) in [6, 6.07) is 13.9. The summed E-state index contributed by atoms with van der Waals surface area (Å²) in [7, 11) is -2.00. The van der Waals surface area contributed by atoms with Crippen molar-refractivity contribution < 1.29 is 17.9 Å². The molecular weight excluding hydrogens is 448 g/mol. The van der Waals surface area contributed by atoms with Crippen LogP contribution in [0.15, 0.2) is 53.4 Å². The third kappa shape index (κ3) is 4.82. The van der Waals surface area contributed by atoms with E-state index in [1.807, 2.05) is 6.92 Å². The molecule has 3 aromatic rings. The average Bonchev–Trinajstić information content (AvgIpc) is 3.31. The highest BCUT2D eigenvalue weighted by molar-refractivity contribution is 7.89. The van der Waals surface area contributed by atoms with Crippen LogP contribution in [0.25, 0.3) is 0 Å². The van der Waals surface area contributed by atoms with Crippen LogP contribution in [0.2, 0.25) is 0 Å². The Morgan fingerprint density at radius 3 is 2.53 bits per heavy atom. The fraction of sp³-hybridized carbons (Fsp3) is 0.318. The van der Waals surface area contributed by atoms with Crippen molar-refractivity contribution in [2.24, 2.45) is 0 Å². The molecule has 32 heavy (non-hydrogen) atoms. The molecule has 1 amide bonds. The van der Waals surface area contributed by atoms with Crippen molar-refractivity contribution in [1.82, 2.24) is 14.5 Å². The maximum atomic E-state index is 13.1. The fourth-order valence-corrected chi connectivity index (χ4v) is 5.96. The van der Waals surface area contributed by atoms with E-state index in [0.29, 0.717) is 34.4 Å². The van der Waals surface area contributed by atoms with Crippen LogP contribution >= 0.6 is 11.3 Å². The lowest BCUT2D eigenvalue weighted by atomic mass is 10.0. The lowest BCUT2D eigenvalue weighted by Crippen LogP contribution is -2.39. The number of nitrogens with one attached hydrogen (secondary N) is 1. The van der Waals surface area contributed by atoms with Gasteiger partial charge in [-0.3, -0.25) is 4.79 Å². The van der Waals surface area contributed by atoms with E-state index in [4.69, 9.17) is 4.74 Å². The van der Waals surface area contributed by atoms with Gasteiger partial charge in [0.2, 0.25) is 15.0 Å². The molecule has 1 fully saturated rings. The first-order chi connectivity index (χ1) is 15.4. The second kappa shape index (κ2) is 9.35. The number of piperidine rings is 1. The number of nitrogens with zero attached hydrogens (tertiary/aromatic N) is 3. The molecule has 10 heteroatoms. The van der Waals surface area contributed by atoms with Gasteiger partial charge in [-0.2, -0.15) is 4.31 Å². The SMILES string of the molecule is COc1ccc(NC(=O)c2nnc([C@@H]3CCCN(S(=O)(=O)c4ccc(C)cc4)C3)s2)cc1. The molecule has 1 aliphatic heterocycles. The van der Waals surface area contributed by atoms with E-state index in [1.54, 1.807) is 55.6 Å². The van der Waals surface area contributed by atoms with Gasteiger partial charge in [0.05, 0.1) is 12.0 Å². The van der Waals surface area contributed by atoms with E-state index in [1.165, 1.54) is 15.6 Å². The molecule has 1 aromatic heterocycles. The second-order valence-electron chi connectivity index (χ2n) is 7.64. The third-order valence-corrected chi connectivity index (χ3v) is 8.34. The number of anilines is 1. The number of amides is 1. The monoisotopic (exact) mass is 472 g/mol.